The summed E-state index contributed by atoms with van der Waals surface area (Å²) in [5, 5.41) is 7.88. The van der Waals surface area contributed by atoms with Gasteiger partial charge < -0.3 is 10.6 Å². The molecular weight excluding hydrogens is 300 g/mol. The molecule has 0 spiro atoms. The minimum atomic E-state index is -0.215. The first-order chi connectivity index (χ1) is 11.6. The molecular formula is C20H24N2O2. The summed E-state index contributed by atoms with van der Waals surface area (Å²) in [6.45, 7) is 2.20. The molecule has 0 aliphatic heterocycles. The average molecular weight is 324 g/mol. The first-order valence-corrected chi connectivity index (χ1v) is 8.70. The van der Waals surface area contributed by atoms with Crippen molar-refractivity contribution in [1.82, 2.24) is 10.6 Å². The van der Waals surface area contributed by atoms with Crippen LogP contribution < -0.4 is 10.6 Å². The Balaban J connectivity index is 1.55. The van der Waals surface area contributed by atoms with Gasteiger partial charge in [0.05, 0.1) is 6.54 Å². The Hall–Kier alpha value is -2.36. The van der Waals surface area contributed by atoms with Crippen molar-refractivity contribution >= 4 is 22.6 Å². The summed E-state index contributed by atoms with van der Waals surface area (Å²) in [4.78, 5) is 24.3. The van der Waals surface area contributed by atoms with Gasteiger partial charge in [0, 0.05) is 11.6 Å². The molecule has 2 aromatic carbocycles. The van der Waals surface area contributed by atoms with E-state index in [0.717, 1.165) is 23.6 Å². The molecule has 2 aromatic rings. The Morgan fingerprint density at radius 1 is 1.04 bits per heavy atom. The molecule has 0 saturated heterocycles. The third-order valence-electron chi connectivity index (χ3n) is 4.88. The van der Waals surface area contributed by atoms with E-state index in [0.29, 0.717) is 11.5 Å². The summed E-state index contributed by atoms with van der Waals surface area (Å²) in [6.07, 6.45) is 4.60. The monoisotopic (exact) mass is 324 g/mol. The number of amides is 2. The number of carbonyl (C=O) groups is 2. The normalized spacial score (nSPS) is 20.5. The van der Waals surface area contributed by atoms with Gasteiger partial charge >= 0.3 is 0 Å². The summed E-state index contributed by atoms with van der Waals surface area (Å²) < 4.78 is 0. The first-order valence-electron chi connectivity index (χ1n) is 8.70. The van der Waals surface area contributed by atoms with E-state index < -0.39 is 0 Å². The molecule has 4 nitrogen and oxygen atoms in total. The molecule has 1 aliphatic carbocycles. The summed E-state index contributed by atoms with van der Waals surface area (Å²) in [6, 6.07) is 13.7. The van der Waals surface area contributed by atoms with Crippen LogP contribution in [0.15, 0.2) is 42.5 Å². The Morgan fingerprint density at radius 2 is 1.79 bits per heavy atom. The Labute approximate surface area is 142 Å². The summed E-state index contributed by atoms with van der Waals surface area (Å²) >= 11 is 0. The maximum Gasteiger partial charge on any atom is 0.251 e. The second kappa shape index (κ2) is 7.47. The lowest BCUT2D eigenvalue weighted by Crippen LogP contribution is -2.45. The zero-order valence-corrected chi connectivity index (χ0v) is 14.0. The molecule has 4 heteroatoms. The predicted octanol–water partition coefficient (Wildman–Crippen LogP) is 3.26. The Morgan fingerprint density at radius 3 is 2.58 bits per heavy atom. The van der Waals surface area contributed by atoms with Crippen LogP contribution in [0.5, 0.6) is 0 Å². The van der Waals surface area contributed by atoms with Crippen molar-refractivity contribution in [2.45, 2.75) is 38.6 Å². The van der Waals surface area contributed by atoms with Gasteiger partial charge in [0.15, 0.2) is 0 Å². The molecule has 2 amide bonds. The van der Waals surface area contributed by atoms with Gasteiger partial charge in [-0.05, 0) is 41.7 Å². The van der Waals surface area contributed by atoms with Gasteiger partial charge in [0.2, 0.25) is 5.91 Å². The van der Waals surface area contributed by atoms with E-state index in [1.807, 2.05) is 36.4 Å². The van der Waals surface area contributed by atoms with Gasteiger partial charge in [-0.25, -0.2) is 0 Å². The van der Waals surface area contributed by atoms with Crippen LogP contribution in [-0.4, -0.2) is 24.4 Å². The Kier molecular flexibility index (Phi) is 5.14. The average Bonchev–Trinajstić information content (AvgIpc) is 2.61. The molecule has 0 unspecified atom stereocenters. The van der Waals surface area contributed by atoms with Gasteiger partial charge in [-0.3, -0.25) is 9.59 Å². The smallest absolute Gasteiger partial charge is 0.251 e. The minimum Gasteiger partial charge on any atom is -0.352 e. The van der Waals surface area contributed by atoms with Crippen molar-refractivity contribution in [2.75, 3.05) is 6.54 Å². The highest BCUT2D eigenvalue weighted by molar-refractivity contribution is 6.00. The number of benzene rings is 2. The second-order valence-corrected chi connectivity index (χ2v) is 6.68. The van der Waals surface area contributed by atoms with Crippen molar-refractivity contribution in [1.29, 1.82) is 0 Å². The van der Waals surface area contributed by atoms with E-state index in [1.54, 1.807) is 6.07 Å². The van der Waals surface area contributed by atoms with Crippen LogP contribution in [-0.2, 0) is 4.79 Å². The van der Waals surface area contributed by atoms with Crippen LogP contribution in [0.25, 0.3) is 10.8 Å². The maximum atomic E-state index is 12.3. The zero-order valence-electron chi connectivity index (χ0n) is 14.0. The highest BCUT2D eigenvalue weighted by Gasteiger charge is 2.22. The largest absolute Gasteiger partial charge is 0.352 e. The van der Waals surface area contributed by atoms with Gasteiger partial charge in [0.1, 0.15) is 0 Å². The highest BCUT2D eigenvalue weighted by atomic mass is 16.2. The van der Waals surface area contributed by atoms with Crippen molar-refractivity contribution in [3.8, 4) is 0 Å². The van der Waals surface area contributed by atoms with Crippen molar-refractivity contribution in [2.24, 2.45) is 5.92 Å². The molecule has 1 aliphatic rings. The molecule has 0 radical (unpaired) electrons. The number of nitrogens with one attached hydrogen (secondary N) is 2. The fourth-order valence-electron chi connectivity index (χ4n) is 3.38. The van der Waals surface area contributed by atoms with Gasteiger partial charge in [-0.1, -0.05) is 50.1 Å². The SMILES string of the molecule is C[C@H]1CCCC[C@@H]1NC(=O)CNC(=O)c1ccc2ccccc2c1. The molecule has 2 N–H and O–H groups in total. The maximum absolute atomic E-state index is 12.3. The van der Waals surface area contributed by atoms with Gasteiger partial charge in [-0.15, -0.1) is 0 Å². The first kappa shape index (κ1) is 16.5. The standard InChI is InChI=1S/C20H24N2O2/c1-14-6-2-5-9-18(14)22-19(23)13-21-20(24)17-11-10-15-7-3-4-8-16(15)12-17/h3-4,7-8,10-12,14,18H,2,5-6,9,13H2,1H3,(H,21,24)(H,22,23)/t14-,18-/m0/s1. The van der Waals surface area contributed by atoms with E-state index in [1.165, 1.54) is 12.8 Å². The molecule has 126 valence electrons. The minimum absolute atomic E-state index is 0.0227. The van der Waals surface area contributed by atoms with Crippen LogP contribution in [0.1, 0.15) is 43.0 Å². The molecule has 2 atom stereocenters. The fraction of sp³-hybridized carbons (Fsp3) is 0.400. The van der Waals surface area contributed by atoms with Crippen molar-refractivity contribution < 1.29 is 9.59 Å². The van der Waals surface area contributed by atoms with Crippen molar-refractivity contribution in [3.63, 3.8) is 0 Å². The highest BCUT2D eigenvalue weighted by Crippen LogP contribution is 2.23. The summed E-state index contributed by atoms with van der Waals surface area (Å²) in [7, 11) is 0. The molecule has 1 fully saturated rings. The molecule has 0 aromatic heterocycles. The van der Waals surface area contributed by atoms with E-state index in [2.05, 4.69) is 17.6 Å². The molecule has 3 rings (SSSR count). The van der Waals surface area contributed by atoms with Crippen molar-refractivity contribution in [3.05, 3.63) is 48.0 Å². The lowest BCUT2D eigenvalue weighted by Gasteiger charge is -2.29. The molecule has 24 heavy (non-hydrogen) atoms. The van der Waals surface area contributed by atoms with E-state index in [4.69, 9.17) is 0 Å². The number of fused-ring (bicyclic) bond motifs is 1. The quantitative estimate of drug-likeness (QED) is 0.907. The van der Waals surface area contributed by atoms with E-state index in [9.17, 15) is 9.59 Å². The van der Waals surface area contributed by atoms with Crippen LogP contribution in [0, 0.1) is 5.92 Å². The number of hydrogen-bond donors (Lipinski definition) is 2. The third-order valence-corrected chi connectivity index (χ3v) is 4.88. The summed E-state index contributed by atoms with van der Waals surface area (Å²) in [5.41, 5.74) is 0.576. The topological polar surface area (TPSA) is 58.2 Å². The second-order valence-electron chi connectivity index (χ2n) is 6.68. The predicted molar refractivity (Wildman–Crippen MR) is 95.8 cm³/mol. The molecule has 1 saturated carbocycles. The number of carbonyl (C=O) groups excluding carboxylic acids is 2. The number of rotatable bonds is 4. The van der Waals surface area contributed by atoms with Crippen LogP contribution >= 0.6 is 0 Å². The fourth-order valence-corrected chi connectivity index (χ4v) is 3.38. The third kappa shape index (κ3) is 3.94. The van der Waals surface area contributed by atoms with E-state index >= 15 is 0 Å². The van der Waals surface area contributed by atoms with Gasteiger partial charge in [0.25, 0.3) is 5.91 Å². The van der Waals surface area contributed by atoms with Crippen LogP contribution in [0.2, 0.25) is 0 Å². The number of hydrogen-bond acceptors (Lipinski definition) is 2. The molecule has 0 bridgehead atoms. The Bertz CT molecular complexity index is 741. The molecule has 0 heterocycles. The lowest BCUT2D eigenvalue weighted by molar-refractivity contribution is -0.121. The lowest BCUT2D eigenvalue weighted by atomic mass is 9.86. The summed E-state index contributed by atoms with van der Waals surface area (Å²) in [5.74, 6) is 0.189. The van der Waals surface area contributed by atoms with Crippen LogP contribution in [0.4, 0.5) is 0 Å². The van der Waals surface area contributed by atoms with Gasteiger partial charge in [-0.2, -0.15) is 0 Å². The van der Waals surface area contributed by atoms with Crippen LogP contribution in [0.3, 0.4) is 0 Å². The zero-order chi connectivity index (χ0) is 16.9. The van der Waals surface area contributed by atoms with E-state index in [-0.39, 0.29) is 24.4 Å².